The molecule has 2 saturated heterocycles. The molecule has 3 atom stereocenters. The maximum atomic E-state index is 12.6. The molecule has 0 aromatic rings. The summed E-state index contributed by atoms with van der Waals surface area (Å²) in [5, 5.41) is 0. The minimum absolute atomic E-state index is 0.110. The van der Waals surface area contributed by atoms with Crippen molar-refractivity contribution in [1.82, 2.24) is 9.80 Å². The lowest BCUT2D eigenvalue weighted by Crippen LogP contribution is -2.48. The second-order valence-electron chi connectivity index (χ2n) is 7.51. The smallest absolute Gasteiger partial charge is 0.411 e. The van der Waals surface area contributed by atoms with Gasteiger partial charge in [-0.05, 0) is 20.8 Å². The molecule has 2 fully saturated rings. The standard InChI is InChI=1S/C18H28N2O7/c1-6-8-26-16(22)19-7-9-25-14-12(10-19)11-20(13(14)15(21)24-5)17(23)27-18(2,3)4/h6,12-14H,1,7-11H2,2-5H3/t12-,13?,14?/m0/s1. The fourth-order valence-electron chi connectivity index (χ4n) is 3.25. The van der Waals surface area contributed by atoms with Crippen LogP contribution in [-0.2, 0) is 23.7 Å². The molecule has 2 rings (SSSR count). The molecule has 2 heterocycles. The van der Waals surface area contributed by atoms with Crippen LogP contribution < -0.4 is 0 Å². The molecule has 0 spiro atoms. The molecule has 27 heavy (non-hydrogen) atoms. The van der Waals surface area contributed by atoms with Crippen LogP contribution in [0, 0.1) is 5.92 Å². The Kier molecular flexibility index (Phi) is 6.69. The van der Waals surface area contributed by atoms with Gasteiger partial charge in [-0.1, -0.05) is 12.7 Å². The van der Waals surface area contributed by atoms with Crippen molar-refractivity contribution >= 4 is 18.2 Å². The van der Waals surface area contributed by atoms with Crippen LogP contribution in [0.1, 0.15) is 20.8 Å². The Balaban J connectivity index is 2.18. The first kappa shape index (κ1) is 21.0. The van der Waals surface area contributed by atoms with Gasteiger partial charge in [0.25, 0.3) is 0 Å². The lowest BCUT2D eigenvalue weighted by molar-refractivity contribution is -0.150. The van der Waals surface area contributed by atoms with Crippen molar-refractivity contribution in [2.24, 2.45) is 5.92 Å². The van der Waals surface area contributed by atoms with Gasteiger partial charge in [-0.2, -0.15) is 0 Å². The summed E-state index contributed by atoms with van der Waals surface area (Å²) in [6, 6.07) is -0.918. The number of ether oxygens (including phenoxy) is 4. The van der Waals surface area contributed by atoms with Crippen LogP contribution in [-0.4, -0.2) is 85.7 Å². The van der Waals surface area contributed by atoms with Crippen LogP contribution in [0.15, 0.2) is 12.7 Å². The number of esters is 1. The minimum Gasteiger partial charge on any atom is -0.467 e. The van der Waals surface area contributed by atoms with Crippen LogP contribution in [0.5, 0.6) is 0 Å². The first-order valence-electron chi connectivity index (χ1n) is 8.89. The summed E-state index contributed by atoms with van der Waals surface area (Å²) in [5.74, 6) is -0.837. The highest BCUT2D eigenvalue weighted by Gasteiger charge is 2.52. The summed E-state index contributed by atoms with van der Waals surface area (Å²) < 4.78 is 21.2. The quantitative estimate of drug-likeness (QED) is 0.413. The second kappa shape index (κ2) is 8.60. The molecule has 0 aromatic heterocycles. The Morgan fingerprint density at radius 1 is 1.22 bits per heavy atom. The zero-order valence-electron chi connectivity index (χ0n) is 16.3. The molecule has 2 aliphatic rings. The Labute approximate surface area is 159 Å². The summed E-state index contributed by atoms with van der Waals surface area (Å²) in [7, 11) is 1.26. The minimum atomic E-state index is -0.918. The zero-order valence-corrected chi connectivity index (χ0v) is 16.3. The van der Waals surface area contributed by atoms with E-state index < -0.39 is 35.9 Å². The SMILES string of the molecule is C=CCOC(=O)N1CCOC2C(C(=O)OC)N(C(=O)OC(C)(C)C)C[C@@H]2C1. The van der Waals surface area contributed by atoms with Crippen LogP contribution in [0.3, 0.4) is 0 Å². The normalized spacial score (nSPS) is 25.3. The van der Waals surface area contributed by atoms with Crippen LogP contribution in [0.2, 0.25) is 0 Å². The highest BCUT2D eigenvalue weighted by molar-refractivity contribution is 5.83. The van der Waals surface area contributed by atoms with Crippen LogP contribution in [0.25, 0.3) is 0 Å². The number of carbonyl (C=O) groups is 3. The molecule has 0 N–H and O–H groups in total. The maximum absolute atomic E-state index is 12.6. The Morgan fingerprint density at radius 3 is 2.52 bits per heavy atom. The highest BCUT2D eigenvalue weighted by Crippen LogP contribution is 2.31. The van der Waals surface area contributed by atoms with E-state index in [4.69, 9.17) is 18.9 Å². The predicted molar refractivity (Wildman–Crippen MR) is 95.1 cm³/mol. The van der Waals surface area contributed by atoms with Crippen molar-refractivity contribution in [3.8, 4) is 0 Å². The Bertz CT molecular complexity index is 587. The number of hydrogen-bond acceptors (Lipinski definition) is 7. The van der Waals surface area contributed by atoms with Gasteiger partial charge in [0.1, 0.15) is 12.2 Å². The number of hydrogen-bond donors (Lipinski definition) is 0. The molecule has 0 aliphatic carbocycles. The number of nitrogens with zero attached hydrogens (tertiary/aromatic N) is 2. The van der Waals surface area contributed by atoms with E-state index in [1.54, 1.807) is 20.8 Å². The molecule has 0 saturated carbocycles. The van der Waals surface area contributed by atoms with E-state index >= 15 is 0 Å². The summed E-state index contributed by atoms with van der Waals surface area (Å²) in [5.41, 5.74) is -0.705. The van der Waals surface area contributed by atoms with Crippen LogP contribution >= 0.6 is 0 Å². The molecule has 0 aromatic carbocycles. The largest absolute Gasteiger partial charge is 0.467 e. The fourth-order valence-corrected chi connectivity index (χ4v) is 3.25. The summed E-state index contributed by atoms with van der Waals surface area (Å²) >= 11 is 0. The fraction of sp³-hybridized carbons (Fsp3) is 0.722. The maximum Gasteiger partial charge on any atom is 0.411 e. The topological polar surface area (TPSA) is 94.6 Å². The van der Waals surface area contributed by atoms with E-state index in [0.29, 0.717) is 13.1 Å². The van der Waals surface area contributed by atoms with Gasteiger partial charge in [0.15, 0.2) is 6.04 Å². The Morgan fingerprint density at radius 2 is 1.93 bits per heavy atom. The first-order chi connectivity index (χ1) is 12.7. The number of likely N-dealkylation sites (tertiary alicyclic amines) is 1. The van der Waals surface area contributed by atoms with Gasteiger partial charge < -0.3 is 23.8 Å². The monoisotopic (exact) mass is 384 g/mol. The van der Waals surface area contributed by atoms with Gasteiger partial charge in [0, 0.05) is 25.6 Å². The number of fused-ring (bicyclic) bond motifs is 1. The van der Waals surface area contributed by atoms with Crippen molar-refractivity contribution in [3.63, 3.8) is 0 Å². The van der Waals surface area contributed by atoms with Crippen molar-refractivity contribution < 1.29 is 33.3 Å². The van der Waals surface area contributed by atoms with Crippen molar-refractivity contribution in [3.05, 3.63) is 12.7 Å². The summed E-state index contributed by atoms with van der Waals surface area (Å²) in [6.45, 7) is 9.95. The van der Waals surface area contributed by atoms with Crippen molar-refractivity contribution in [2.75, 3.05) is 40.0 Å². The average Bonchev–Trinajstić information content (AvgIpc) is 2.82. The number of amides is 2. The van der Waals surface area contributed by atoms with E-state index in [0.717, 1.165) is 0 Å². The third-order valence-corrected chi connectivity index (χ3v) is 4.32. The van der Waals surface area contributed by atoms with E-state index in [1.807, 2.05) is 0 Å². The molecule has 0 bridgehead atoms. The molecule has 2 amide bonds. The van der Waals surface area contributed by atoms with E-state index in [-0.39, 0.29) is 25.7 Å². The molecule has 0 radical (unpaired) electrons. The molecule has 152 valence electrons. The molecule has 9 heteroatoms. The molecular weight excluding hydrogens is 356 g/mol. The Hall–Kier alpha value is -2.29. The summed E-state index contributed by atoms with van der Waals surface area (Å²) in [4.78, 5) is 40.0. The van der Waals surface area contributed by atoms with Gasteiger partial charge in [-0.15, -0.1) is 0 Å². The number of carbonyl (C=O) groups excluding carboxylic acids is 3. The van der Waals surface area contributed by atoms with Gasteiger partial charge in [0.05, 0.1) is 19.8 Å². The lowest BCUT2D eigenvalue weighted by atomic mass is 10.0. The van der Waals surface area contributed by atoms with Crippen molar-refractivity contribution in [2.45, 2.75) is 38.5 Å². The van der Waals surface area contributed by atoms with Crippen LogP contribution in [0.4, 0.5) is 9.59 Å². The van der Waals surface area contributed by atoms with Gasteiger partial charge in [-0.25, -0.2) is 14.4 Å². The van der Waals surface area contributed by atoms with Gasteiger partial charge >= 0.3 is 18.2 Å². The van der Waals surface area contributed by atoms with E-state index in [9.17, 15) is 14.4 Å². The van der Waals surface area contributed by atoms with E-state index in [1.165, 1.54) is 23.0 Å². The summed E-state index contributed by atoms with van der Waals surface area (Å²) in [6.07, 6.45) is -0.190. The molecule has 9 nitrogen and oxygen atoms in total. The molecule has 2 aliphatic heterocycles. The highest BCUT2D eigenvalue weighted by atomic mass is 16.6. The van der Waals surface area contributed by atoms with Gasteiger partial charge in [-0.3, -0.25) is 4.90 Å². The van der Waals surface area contributed by atoms with Gasteiger partial charge in [0.2, 0.25) is 0 Å². The molecule has 2 unspecified atom stereocenters. The molecular formula is C18H28N2O7. The lowest BCUT2D eigenvalue weighted by Gasteiger charge is -2.29. The predicted octanol–water partition coefficient (Wildman–Crippen LogP) is 1.42. The second-order valence-corrected chi connectivity index (χ2v) is 7.51. The third-order valence-electron chi connectivity index (χ3n) is 4.32. The average molecular weight is 384 g/mol. The van der Waals surface area contributed by atoms with E-state index in [2.05, 4.69) is 6.58 Å². The zero-order chi connectivity index (χ0) is 20.2. The number of rotatable bonds is 3. The van der Waals surface area contributed by atoms with Crippen molar-refractivity contribution in [1.29, 1.82) is 0 Å². The third kappa shape index (κ3) is 5.12. The number of methoxy groups -OCH3 is 1. The first-order valence-corrected chi connectivity index (χ1v) is 8.89.